The van der Waals surface area contributed by atoms with Crippen molar-refractivity contribution in [2.24, 2.45) is 5.92 Å². The van der Waals surface area contributed by atoms with Gasteiger partial charge in [-0.15, -0.1) is 0 Å². The lowest BCUT2D eigenvalue weighted by molar-refractivity contribution is -0.695. The van der Waals surface area contributed by atoms with E-state index < -0.39 is 10.0 Å². The lowest BCUT2D eigenvalue weighted by Gasteiger charge is -2.18. The molecule has 1 rings (SSSR count). The Bertz CT molecular complexity index is 398. The molecule has 1 N–H and O–H groups in total. The Morgan fingerprint density at radius 1 is 1.20 bits per heavy atom. The third-order valence-corrected chi connectivity index (χ3v) is 3.43. The summed E-state index contributed by atoms with van der Waals surface area (Å²) in [5.74, 6) is 0.343. The molecule has 0 saturated carbocycles. The lowest BCUT2D eigenvalue weighted by Crippen LogP contribution is -3.09. The molecular formula is C11H18NO2S+. The molecule has 0 saturated heterocycles. The highest BCUT2D eigenvalue weighted by molar-refractivity contribution is 7.84. The van der Waals surface area contributed by atoms with E-state index in [0.29, 0.717) is 16.8 Å². The predicted molar refractivity (Wildman–Crippen MR) is 61.6 cm³/mol. The topological polar surface area (TPSA) is 38.6 Å². The summed E-state index contributed by atoms with van der Waals surface area (Å²) < 4.78 is 23.8. The van der Waals surface area contributed by atoms with E-state index in [1.54, 1.807) is 0 Å². The van der Waals surface area contributed by atoms with Crippen LogP contribution >= 0.6 is 0 Å². The van der Waals surface area contributed by atoms with Crippen LogP contribution in [0.2, 0.25) is 0 Å². The van der Waals surface area contributed by atoms with Gasteiger partial charge in [0.15, 0.2) is 0 Å². The summed E-state index contributed by atoms with van der Waals surface area (Å²) in [7, 11) is -3.10. The average Bonchev–Trinajstić information content (AvgIpc) is 2.14. The predicted octanol–water partition coefficient (Wildman–Crippen LogP) is 0.819. The number of sulfonamides is 1. The number of hydrogen-bond acceptors (Lipinski definition) is 2. The molecule has 0 aliphatic rings. The quantitative estimate of drug-likeness (QED) is 0.828. The molecule has 1 unspecified atom stereocenters. The van der Waals surface area contributed by atoms with Crippen molar-refractivity contribution in [3.05, 3.63) is 30.3 Å². The first-order valence-electron chi connectivity index (χ1n) is 5.02. The number of rotatable bonds is 4. The van der Waals surface area contributed by atoms with Gasteiger partial charge in [-0.05, 0) is 0 Å². The van der Waals surface area contributed by atoms with Crippen LogP contribution in [0.1, 0.15) is 13.8 Å². The van der Waals surface area contributed by atoms with Gasteiger partial charge in [-0.25, -0.2) is 0 Å². The minimum Gasteiger partial charge on any atom is -0.198 e. The van der Waals surface area contributed by atoms with Crippen LogP contribution in [0.15, 0.2) is 30.3 Å². The fourth-order valence-corrected chi connectivity index (χ4v) is 2.68. The van der Waals surface area contributed by atoms with Gasteiger partial charge in [-0.1, -0.05) is 32.0 Å². The van der Waals surface area contributed by atoms with E-state index in [0.717, 1.165) is 5.69 Å². The van der Waals surface area contributed by atoms with Crippen LogP contribution in [0.5, 0.6) is 0 Å². The summed E-state index contributed by atoms with van der Waals surface area (Å²) in [6, 6.07) is 9.30. The number of para-hydroxylation sites is 1. The number of benzene rings is 1. The van der Waals surface area contributed by atoms with E-state index in [9.17, 15) is 8.42 Å². The summed E-state index contributed by atoms with van der Waals surface area (Å²) in [4.78, 5) is 0. The largest absolute Gasteiger partial charge is 0.297 e. The number of quaternary nitrogens is 1. The van der Waals surface area contributed by atoms with Crippen molar-refractivity contribution in [2.75, 3.05) is 12.8 Å². The molecule has 0 heterocycles. The van der Waals surface area contributed by atoms with E-state index in [1.165, 1.54) is 6.26 Å². The van der Waals surface area contributed by atoms with Crippen molar-refractivity contribution in [1.82, 2.24) is 0 Å². The molecule has 3 nitrogen and oxygen atoms in total. The number of nitrogens with one attached hydrogen (secondary N) is 1. The zero-order valence-electron chi connectivity index (χ0n) is 9.40. The van der Waals surface area contributed by atoms with Crippen LogP contribution < -0.4 is 4.31 Å². The Morgan fingerprint density at radius 3 is 2.13 bits per heavy atom. The summed E-state index contributed by atoms with van der Waals surface area (Å²) in [6.07, 6.45) is 1.28. The number of hydrogen-bond donors (Lipinski definition) is 1. The highest BCUT2D eigenvalue weighted by Crippen LogP contribution is 2.01. The Kier molecular flexibility index (Phi) is 3.88. The normalized spacial score (nSPS) is 14.1. The standard InChI is InChI=1S/C11H17NO2S/c1-10(2)9-12(15(3,13)14)11-7-5-4-6-8-11/h4-8,10H,9H2,1-3H3/p+1. The minimum absolute atomic E-state index is 0.343. The molecule has 0 radical (unpaired) electrons. The Labute approximate surface area is 91.8 Å². The van der Waals surface area contributed by atoms with Gasteiger partial charge in [0.05, 0.1) is 12.8 Å². The summed E-state index contributed by atoms with van der Waals surface area (Å²) in [5.41, 5.74) is 0.814. The van der Waals surface area contributed by atoms with Crippen molar-refractivity contribution in [3.63, 3.8) is 0 Å². The Hall–Kier alpha value is -0.870. The Morgan fingerprint density at radius 2 is 1.73 bits per heavy atom. The smallest absolute Gasteiger partial charge is 0.198 e. The molecule has 0 amide bonds. The van der Waals surface area contributed by atoms with Gasteiger partial charge in [0, 0.05) is 18.1 Å². The van der Waals surface area contributed by atoms with E-state index in [4.69, 9.17) is 0 Å². The second-order valence-electron chi connectivity index (χ2n) is 4.16. The SMILES string of the molecule is CC(C)C[NH+](c1ccccc1)S(C)(=O)=O. The van der Waals surface area contributed by atoms with Crippen LogP contribution in [0.25, 0.3) is 0 Å². The van der Waals surface area contributed by atoms with Crippen molar-refractivity contribution in [3.8, 4) is 0 Å². The summed E-state index contributed by atoms with van der Waals surface area (Å²) in [6.45, 7) is 4.64. The maximum Gasteiger partial charge on any atom is 0.297 e. The summed E-state index contributed by atoms with van der Waals surface area (Å²) >= 11 is 0. The van der Waals surface area contributed by atoms with Crippen LogP contribution in [0.3, 0.4) is 0 Å². The monoisotopic (exact) mass is 228 g/mol. The second-order valence-corrected chi connectivity index (χ2v) is 6.20. The fraction of sp³-hybridized carbons (Fsp3) is 0.455. The van der Waals surface area contributed by atoms with Crippen molar-refractivity contribution in [1.29, 1.82) is 0 Å². The van der Waals surface area contributed by atoms with Gasteiger partial charge in [0.1, 0.15) is 5.69 Å². The van der Waals surface area contributed by atoms with E-state index in [2.05, 4.69) is 0 Å². The molecule has 0 bridgehead atoms. The maximum atomic E-state index is 11.6. The molecule has 0 aliphatic carbocycles. The molecule has 15 heavy (non-hydrogen) atoms. The molecular weight excluding hydrogens is 210 g/mol. The van der Waals surface area contributed by atoms with Gasteiger partial charge in [-0.2, -0.15) is 12.7 Å². The first-order chi connectivity index (χ1) is 6.91. The van der Waals surface area contributed by atoms with Crippen LogP contribution in [-0.2, 0) is 10.0 Å². The fourth-order valence-electron chi connectivity index (χ4n) is 1.48. The van der Waals surface area contributed by atoms with Gasteiger partial charge in [-0.3, -0.25) is 0 Å². The van der Waals surface area contributed by atoms with Crippen LogP contribution in [0.4, 0.5) is 5.69 Å². The molecule has 0 spiro atoms. The minimum atomic E-state index is -3.10. The third kappa shape index (κ3) is 3.64. The second kappa shape index (κ2) is 4.77. The molecule has 1 aromatic carbocycles. The molecule has 1 aromatic rings. The van der Waals surface area contributed by atoms with Gasteiger partial charge < -0.3 is 0 Å². The molecule has 84 valence electrons. The average molecular weight is 228 g/mol. The zero-order chi connectivity index (χ0) is 11.5. The van der Waals surface area contributed by atoms with Crippen molar-refractivity contribution < 1.29 is 12.7 Å². The van der Waals surface area contributed by atoms with E-state index in [1.807, 2.05) is 44.2 Å². The van der Waals surface area contributed by atoms with Crippen molar-refractivity contribution >= 4 is 15.7 Å². The van der Waals surface area contributed by atoms with Crippen molar-refractivity contribution in [2.45, 2.75) is 13.8 Å². The van der Waals surface area contributed by atoms with Gasteiger partial charge in [0.2, 0.25) is 0 Å². The van der Waals surface area contributed by atoms with Crippen LogP contribution in [0, 0.1) is 5.92 Å². The van der Waals surface area contributed by atoms with Gasteiger partial charge in [0.25, 0.3) is 10.0 Å². The first kappa shape index (κ1) is 12.2. The zero-order valence-corrected chi connectivity index (χ0v) is 10.2. The molecule has 0 aliphatic heterocycles. The highest BCUT2D eigenvalue weighted by atomic mass is 32.2. The third-order valence-electron chi connectivity index (χ3n) is 2.14. The molecule has 1 atom stereocenters. The molecule has 0 fully saturated rings. The first-order valence-corrected chi connectivity index (χ1v) is 6.91. The molecule has 4 heteroatoms. The molecule has 0 aromatic heterocycles. The highest BCUT2D eigenvalue weighted by Gasteiger charge is 2.23. The van der Waals surface area contributed by atoms with Crippen LogP contribution in [-0.4, -0.2) is 21.2 Å². The summed E-state index contributed by atoms with van der Waals surface area (Å²) in [5, 5.41) is 0. The Balaban J connectivity index is 3.03. The van der Waals surface area contributed by atoms with E-state index in [-0.39, 0.29) is 0 Å². The maximum absolute atomic E-state index is 11.6. The van der Waals surface area contributed by atoms with E-state index >= 15 is 0 Å². The van der Waals surface area contributed by atoms with Gasteiger partial charge >= 0.3 is 0 Å². The lowest BCUT2D eigenvalue weighted by atomic mass is 10.2.